The van der Waals surface area contributed by atoms with Gasteiger partial charge in [0.2, 0.25) is 5.96 Å². The summed E-state index contributed by atoms with van der Waals surface area (Å²) in [4.78, 5) is 8.79. The molecular formula is C21H22BFN8O2. The molecule has 1 unspecified atom stereocenters. The number of nitrogens with one attached hydrogen (secondary N) is 2. The van der Waals surface area contributed by atoms with Crippen LogP contribution in [0.3, 0.4) is 0 Å². The van der Waals surface area contributed by atoms with Crippen LogP contribution in [0.2, 0.25) is 0 Å². The summed E-state index contributed by atoms with van der Waals surface area (Å²) in [5.41, 5.74) is 12.3. The second-order valence-corrected chi connectivity index (χ2v) is 8.76. The van der Waals surface area contributed by atoms with Crippen LogP contribution < -0.4 is 27.6 Å². The highest BCUT2D eigenvalue weighted by Crippen LogP contribution is 2.42. The number of guanidine groups is 1. The van der Waals surface area contributed by atoms with Crippen molar-refractivity contribution < 1.29 is 13.7 Å². The first-order chi connectivity index (χ1) is 15.5. The first-order valence-electron chi connectivity index (χ1n) is 10.1. The molecule has 1 aromatic heterocycles. The van der Waals surface area contributed by atoms with E-state index in [1.807, 2.05) is 33.8 Å². The highest BCUT2D eigenvalue weighted by atomic mass is 19.1. The van der Waals surface area contributed by atoms with Crippen molar-refractivity contribution >= 4 is 35.9 Å². The number of benzene rings is 1. The van der Waals surface area contributed by atoms with Crippen molar-refractivity contribution in [2.75, 3.05) is 16.8 Å². The molecule has 0 amide bonds. The minimum Gasteiger partial charge on any atom is -0.399 e. The monoisotopic (exact) mass is 448 g/mol. The van der Waals surface area contributed by atoms with Crippen molar-refractivity contribution in [2.45, 2.75) is 44.9 Å². The largest absolute Gasteiger partial charge is 0.495 e. The van der Waals surface area contributed by atoms with E-state index in [1.165, 1.54) is 12.1 Å². The second-order valence-electron chi connectivity index (χ2n) is 8.76. The predicted octanol–water partition coefficient (Wildman–Crippen LogP) is 1.50. The SMILES string of the molecule is CC1(C)OB(c2cc(F)ccc2C2N=C(NC#N)Nc3nc(N)c(C#N)c(N)c32)OC1(C)C. The Balaban J connectivity index is 1.93. The summed E-state index contributed by atoms with van der Waals surface area (Å²) >= 11 is 0. The third kappa shape index (κ3) is 3.59. The summed E-state index contributed by atoms with van der Waals surface area (Å²) in [6.07, 6.45) is 1.80. The molecule has 0 aliphatic carbocycles. The highest BCUT2D eigenvalue weighted by Gasteiger charge is 2.52. The molecule has 1 aromatic carbocycles. The highest BCUT2D eigenvalue weighted by molar-refractivity contribution is 6.62. The lowest BCUT2D eigenvalue weighted by Crippen LogP contribution is -2.41. The van der Waals surface area contributed by atoms with Crippen molar-refractivity contribution in [1.82, 2.24) is 10.3 Å². The number of rotatable bonds is 2. The van der Waals surface area contributed by atoms with Gasteiger partial charge >= 0.3 is 7.12 Å². The lowest BCUT2D eigenvalue weighted by Gasteiger charge is -2.32. The van der Waals surface area contributed by atoms with Gasteiger partial charge in [-0.2, -0.15) is 10.5 Å². The van der Waals surface area contributed by atoms with Crippen LogP contribution in [-0.2, 0) is 9.31 Å². The molecule has 2 aliphatic rings. The summed E-state index contributed by atoms with van der Waals surface area (Å²) in [7, 11) is -0.889. The molecule has 0 spiro atoms. The third-order valence-corrected chi connectivity index (χ3v) is 6.21. The van der Waals surface area contributed by atoms with Crippen molar-refractivity contribution in [3.05, 3.63) is 40.7 Å². The smallest absolute Gasteiger partial charge is 0.399 e. The Bertz CT molecular complexity index is 1250. The fourth-order valence-corrected chi connectivity index (χ4v) is 3.77. The van der Waals surface area contributed by atoms with E-state index in [0.29, 0.717) is 16.6 Å². The molecule has 0 saturated carbocycles. The molecule has 33 heavy (non-hydrogen) atoms. The maximum Gasteiger partial charge on any atom is 0.495 e. The quantitative estimate of drug-likeness (QED) is 0.302. The van der Waals surface area contributed by atoms with Crippen LogP contribution >= 0.6 is 0 Å². The number of aromatic nitrogens is 1. The molecule has 6 N–H and O–H groups in total. The summed E-state index contributed by atoms with van der Waals surface area (Å²) in [5.74, 6) is -0.234. The van der Waals surface area contributed by atoms with Gasteiger partial charge in [0.05, 0.1) is 16.9 Å². The van der Waals surface area contributed by atoms with Gasteiger partial charge in [-0.1, -0.05) is 6.07 Å². The molecule has 0 bridgehead atoms. The van der Waals surface area contributed by atoms with Gasteiger partial charge in [0.15, 0.2) is 6.19 Å². The van der Waals surface area contributed by atoms with E-state index in [2.05, 4.69) is 20.6 Å². The summed E-state index contributed by atoms with van der Waals surface area (Å²) in [6.45, 7) is 7.57. The van der Waals surface area contributed by atoms with Crippen LogP contribution in [0, 0.1) is 28.6 Å². The number of hydrogen-bond donors (Lipinski definition) is 4. The fraction of sp³-hybridized carbons (Fsp3) is 0.333. The normalized spacial score (nSPS) is 20.2. The van der Waals surface area contributed by atoms with Crippen LogP contribution in [0.1, 0.15) is 50.4 Å². The van der Waals surface area contributed by atoms with Crippen LogP contribution in [-0.4, -0.2) is 29.3 Å². The first kappa shape index (κ1) is 22.3. The zero-order valence-corrected chi connectivity index (χ0v) is 18.5. The van der Waals surface area contributed by atoms with Crippen molar-refractivity contribution in [3.8, 4) is 12.3 Å². The number of hydrogen-bond acceptors (Lipinski definition) is 10. The summed E-state index contributed by atoms with van der Waals surface area (Å²) < 4.78 is 26.7. The van der Waals surface area contributed by atoms with Crippen molar-refractivity contribution in [2.24, 2.45) is 4.99 Å². The van der Waals surface area contributed by atoms with Crippen LogP contribution in [0.4, 0.5) is 21.7 Å². The van der Waals surface area contributed by atoms with Gasteiger partial charge < -0.3 is 26.1 Å². The number of aliphatic imine (C=N–C) groups is 1. The number of nitrogens with zero attached hydrogens (tertiary/aromatic N) is 4. The molecule has 0 radical (unpaired) electrons. The van der Waals surface area contributed by atoms with E-state index in [-0.39, 0.29) is 28.8 Å². The van der Waals surface area contributed by atoms with E-state index in [4.69, 9.17) is 26.0 Å². The average molecular weight is 448 g/mol. The van der Waals surface area contributed by atoms with Gasteiger partial charge in [-0.3, -0.25) is 5.32 Å². The molecule has 168 valence electrons. The third-order valence-electron chi connectivity index (χ3n) is 6.21. The lowest BCUT2D eigenvalue weighted by atomic mass is 9.73. The first-order valence-corrected chi connectivity index (χ1v) is 10.1. The van der Waals surface area contributed by atoms with E-state index in [1.54, 1.807) is 12.3 Å². The molecule has 1 fully saturated rings. The molecule has 2 aromatic rings. The molecule has 12 heteroatoms. The minimum absolute atomic E-state index is 0.00624. The minimum atomic E-state index is -0.889. The Morgan fingerprint density at radius 1 is 1.18 bits per heavy atom. The molecule has 1 saturated heterocycles. The molecule has 4 rings (SSSR count). The van der Waals surface area contributed by atoms with Crippen LogP contribution in [0.25, 0.3) is 0 Å². The Morgan fingerprint density at radius 2 is 1.85 bits per heavy atom. The Labute approximate surface area is 190 Å². The number of nitrogen functional groups attached to an aromatic ring is 2. The lowest BCUT2D eigenvalue weighted by molar-refractivity contribution is 0.00578. The zero-order valence-electron chi connectivity index (χ0n) is 18.5. The van der Waals surface area contributed by atoms with E-state index in [0.717, 1.165) is 0 Å². The maximum absolute atomic E-state index is 14.4. The van der Waals surface area contributed by atoms with E-state index >= 15 is 0 Å². The Hall–Kier alpha value is -3.87. The predicted molar refractivity (Wildman–Crippen MR) is 122 cm³/mol. The fourth-order valence-electron chi connectivity index (χ4n) is 3.77. The Morgan fingerprint density at radius 3 is 2.45 bits per heavy atom. The standard InChI is InChI=1S/C21H22BFN8O2/c1-20(2)21(3,4)33-22(32-20)13-7-10(23)5-6-11(13)16-14-15(26)12(8-24)17(27)30-18(14)31-19(29-16)28-9-25/h5-7,16H,1-4H3,(H6,26,27,28,29,30,31). The molecular weight excluding hydrogens is 426 g/mol. The van der Waals surface area contributed by atoms with Crippen LogP contribution in [0.5, 0.6) is 0 Å². The van der Waals surface area contributed by atoms with E-state index < -0.39 is 30.2 Å². The second kappa shape index (κ2) is 7.62. The molecule has 1 atom stereocenters. The van der Waals surface area contributed by atoms with Gasteiger partial charge in [0.25, 0.3) is 0 Å². The molecule has 2 aliphatic heterocycles. The van der Waals surface area contributed by atoms with Gasteiger partial charge in [-0.05, 0) is 50.9 Å². The number of nitriles is 2. The average Bonchev–Trinajstić information content (AvgIpc) is 2.95. The summed E-state index contributed by atoms with van der Waals surface area (Å²) in [6, 6.07) is 5.25. The van der Waals surface area contributed by atoms with Gasteiger partial charge in [0.1, 0.15) is 35.1 Å². The molecule has 10 nitrogen and oxygen atoms in total. The zero-order chi connectivity index (χ0) is 24.1. The number of pyridine rings is 1. The number of anilines is 3. The number of fused-ring (bicyclic) bond motifs is 1. The topological polar surface area (TPSA) is 167 Å². The van der Waals surface area contributed by atoms with E-state index in [9.17, 15) is 9.65 Å². The maximum atomic E-state index is 14.4. The van der Waals surface area contributed by atoms with Gasteiger partial charge in [-0.15, -0.1) is 0 Å². The number of halogens is 1. The van der Waals surface area contributed by atoms with Crippen LogP contribution in [0.15, 0.2) is 23.2 Å². The molecule has 3 heterocycles. The van der Waals surface area contributed by atoms with Gasteiger partial charge in [0, 0.05) is 5.56 Å². The number of nitrogens with two attached hydrogens (primary N) is 2. The Kier molecular flexibility index (Phi) is 5.16. The van der Waals surface area contributed by atoms with Crippen molar-refractivity contribution in [1.29, 1.82) is 10.5 Å². The summed E-state index contributed by atoms with van der Waals surface area (Å²) in [5, 5.41) is 23.9. The van der Waals surface area contributed by atoms with Gasteiger partial charge in [-0.25, -0.2) is 14.4 Å². The van der Waals surface area contributed by atoms with Crippen molar-refractivity contribution in [3.63, 3.8) is 0 Å².